The largest absolute Gasteiger partial charge is 0.461 e. The lowest BCUT2D eigenvalue weighted by molar-refractivity contribution is -0.157. The highest BCUT2D eigenvalue weighted by atomic mass is 16.6. The molecule has 8 heteroatoms. The predicted molar refractivity (Wildman–Crippen MR) is 128 cm³/mol. The van der Waals surface area contributed by atoms with Crippen molar-refractivity contribution in [3.63, 3.8) is 0 Å². The summed E-state index contributed by atoms with van der Waals surface area (Å²) in [6.07, 6.45) is 5.51. The Labute approximate surface area is 202 Å². The van der Waals surface area contributed by atoms with Crippen molar-refractivity contribution in [3.05, 3.63) is 25.3 Å². The molecule has 8 nitrogen and oxygen atoms in total. The van der Waals surface area contributed by atoms with Crippen molar-refractivity contribution in [2.45, 2.75) is 83.2 Å². The van der Waals surface area contributed by atoms with E-state index in [9.17, 15) is 19.5 Å². The van der Waals surface area contributed by atoms with Crippen LogP contribution in [0.15, 0.2) is 25.3 Å². The molecule has 3 aliphatic heterocycles. The molecule has 3 saturated heterocycles. The highest BCUT2D eigenvalue weighted by Crippen LogP contribution is 2.59. The van der Waals surface area contributed by atoms with Crippen LogP contribution in [0.2, 0.25) is 0 Å². The SMILES string of the molecule is C=CCOC(=O)[C@@H]1[C@H]2C(=O)N([C@@H](CO)C(C)C)C(C(=O)N(CC=C)C(C)CCC)C23CC[C@H]1O3. The first-order valence-corrected chi connectivity index (χ1v) is 12.5. The molecule has 3 aliphatic rings. The molecule has 3 rings (SSSR count). The maximum atomic E-state index is 14.2. The molecule has 1 spiro atoms. The van der Waals surface area contributed by atoms with E-state index in [1.54, 1.807) is 11.0 Å². The van der Waals surface area contributed by atoms with E-state index in [1.807, 2.05) is 20.8 Å². The lowest BCUT2D eigenvalue weighted by Gasteiger charge is -2.41. The molecular weight excluding hydrogens is 436 g/mol. The van der Waals surface area contributed by atoms with Crippen molar-refractivity contribution in [2.75, 3.05) is 19.8 Å². The molecule has 0 aromatic heterocycles. The summed E-state index contributed by atoms with van der Waals surface area (Å²) in [7, 11) is 0. The molecule has 0 aromatic rings. The first kappa shape index (κ1) is 26.4. The van der Waals surface area contributed by atoms with Crippen LogP contribution < -0.4 is 0 Å². The third-order valence-corrected chi connectivity index (χ3v) is 7.75. The Kier molecular flexibility index (Phi) is 8.24. The Morgan fingerprint density at radius 2 is 2.03 bits per heavy atom. The van der Waals surface area contributed by atoms with Gasteiger partial charge >= 0.3 is 5.97 Å². The van der Waals surface area contributed by atoms with Gasteiger partial charge in [0.05, 0.1) is 30.6 Å². The molecule has 3 unspecified atom stereocenters. The molecule has 34 heavy (non-hydrogen) atoms. The highest BCUT2D eigenvalue weighted by molar-refractivity contribution is 5.98. The molecule has 190 valence electrons. The molecular formula is C26H40N2O6. The summed E-state index contributed by atoms with van der Waals surface area (Å²) >= 11 is 0. The smallest absolute Gasteiger partial charge is 0.312 e. The van der Waals surface area contributed by atoms with Crippen molar-refractivity contribution in [1.82, 2.24) is 9.80 Å². The Morgan fingerprint density at radius 3 is 2.59 bits per heavy atom. The molecule has 3 fully saturated rings. The van der Waals surface area contributed by atoms with Gasteiger partial charge in [-0.05, 0) is 32.1 Å². The molecule has 3 heterocycles. The van der Waals surface area contributed by atoms with Gasteiger partial charge in [-0.2, -0.15) is 0 Å². The van der Waals surface area contributed by atoms with Crippen molar-refractivity contribution in [3.8, 4) is 0 Å². The number of hydrogen-bond acceptors (Lipinski definition) is 6. The molecule has 2 amide bonds. The van der Waals surface area contributed by atoms with Gasteiger partial charge in [0.15, 0.2) is 0 Å². The number of amides is 2. The second kappa shape index (κ2) is 10.6. The minimum atomic E-state index is -1.11. The van der Waals surface area contributed by atoms with Gasteiger partial charge in [-0.1, -0.05) is 45.9 Å². The summed E-state index contributed by atoms with van der Waals surface area (Å²) < 4.78 is 11.8. The number of fused-ring (bicyclic) bond motifs is 1. The van der Waals surface area contributed by atoms with E-state index in [1.165, 1.54) is 11.0 Å². The second-order valence-corrected chi connectivity index (χ2v) is 10.1. The number of likely N-dealkylation sites (tertiary alicyclic amines) is 1. The molecule has 0 aliphatic carbocycles. The first-order chi connectivity index (χ1) is 16.2. The number of hydrogen-bond donors (Lipinski definition) is 1. The number of aliphatic hydroxyl groups excluding tert-OH is 1. The van der Waals surface area contributed by atoms with E-state index in [2.05, 4.69) is 20.1 Å². The van der Waals surface area contributed by atoms with Crippen LogP contribution in [0.3, 0.4) is 0 Å². The second-order valence-electron chi connectivity index (χ2n) is 10.1. The van der Waals surface area contributed by atoms with E-state index in [0.29, 0.717) is 19.4 Å². The van der Waals surface area contributed by atoms with Crippen molar-refractivity contribution in [1.29, 1.82) is 0 Å². The van der Waals surface area contributed by atoms with Crippen molar-refractivity contribution < 1.29 is 29.0 Å². The number of ether oxygens (including phenoxy) is 2. The number of carbonyl (C=O) groups is 3. The van der Waals surface area contributed by atoms with Gasteiger partial charge in [-0.3, -0.25) is 14.4 Å². The van der Waals surface area contributed by atoms with Crippen LogP contribution in [0.25, 0.3) is 0 Å². The fraction of sp³-hybridized carbons (Fsp3) is 0.731. The number of rotatable bonds is 12. The Balaban J connectivity index is 2.09. The van der Waals surface area contributed by atoms with Gasteiger partial charge in [0, 0.05) is 12.6 Å². The van der Waals surface area contributed by atoms with E-state index in [0.717, 1.165) is 12.8 Å². The molecule has 0 radical (unpaired) electrons. The van der Waals surface area contributed by atoms with Crippen LogP contribution in [0, 0.1) is 17.8 Å². The standard InChI is InChI=1S/C26H40N2O6/c1-7-10-17(6)27(13-8-2)24(31)22-26-12-11-19(34-26)20(25(32)33-14-9-3)21(26)23(30)28(22)18(15-29)16(4)5/h8-9,16-22,29H,2-3,7,10-15H2,1,4-6H3/t17?,18-,19+,20-,21-,22?,26?/m0/s1. The van der Waals surface area contributed by atoms with E-state index in [-0.39, 0.29) is 37.0 Å². The third kappa shape index (κ3) is 4.19. The Morgan fingerprint density at radius 1 is 1.32 bits per heavy atom. The molecule has 1 N–H and O–H groups in total. The summed E-state index contributed by atoms with van der Waals surface area (Å²) in [5.41, 5.74) is -1.11. The van der Waals surface area contributed by atoms with E-state index >= 15 is 0 Å². The molecule has 0 saturated carbocycles. The maximum absolute atomic E-state index is 14.2. The summed E-state index contributed by atoms with van der Waals surface area (Å²) in [6.45, 7) is 15.4. The quantitative estimate of drug-likeness (QED) is 0.343. The lowest BCUT2D eigenvalue weighted by Crippen LogP contribution is -2.60. The number of carbonyl (C=O) groups excluding carboxylic acids is 3. The predicted octanol–water partition coefficient (Wildman–Crippen LogP) is 2.31. The summed E-state index contributed by atoms with van der Waals surface area (Å²) in [4.78, 5) is 44.5. The Bertz CT molecular complexity index is 813. The zero-order chi connectivity index (χ0) is 25.2. The average molecular weight is 477 g/mol. The number of aliphatic hydroxyl groups is 1. The summed E-state index contributed by atoms with van der Waals surface area (Å²) in [6, 6.07) is -1.53. The fourth-order valence-electron chi connectivity index (χ4n) is 6.21. The maximum Gasteiger partial charge on any atom is 0.312 e. The number of esters is 1. The summed E-state index contributed by atoms with van der Waals surface area (Å²) in [5, 5.41) is 10.3. The minimum absolute atomic E-state index is 0.0505. The average Bonchev–Trinajstić information content (AvgIpc) is 3.43. The zero-order valence-corrected chi connectivity index (χ0v) is 20.9. The molecule has 2 bridgehead atoms. The number of nitrogens with zero attached hydrogens (tertiary/aromatic N) is 2. The van der Waals surface area contributed by atoms with Gasteiger partial charge < -0.3 is 24.4 Å². The van der Waals surface area contributed by atoms with E-state index < -0.39 is 41.6 Å². The fourth-order valence-corrected chi connectivity index (χ4v) is 6.21. The van der Waals surface area contributed by atoms with Gasteiger partial charge in [0.1, 0.15) is 18.2 Å². The lowest BCUT2D eigenvalue weighted by atomic mass is 9.70. The van der Waals surface area contributed by atoms with Crippen LogP contribution >= 0.6 is 0 Å². The van der Waals surface area contributed by atoms with Crippen molar-refractivity contribution in [2.24, 2.45) is 17.8 Å². The summed E-state index contributed by atoms with van der Waals surface area (Å²) in [5.74, 6) is -2.69. The van der Waals surface area contributed by atoms with Crippen molar-refractivity contribution >= 4 is 17.8 Å². The van der Waals surface area contributed by atoms with Gasteiger partial charge in [-0.25, -0.2) is 0 Å². The Hall–Kier alpha value is -2.19. The molecule has 7 atom stereocenters. The third-order valence-electron chi connectivity index (χ3n) is 7.75. The van der Waals surface area contributed by atoms with Crippen LogP contribution in [0.5, 0.6) is 0 Å². The van der Waals surface area contributed by atoms with Crippen LogP contribution in [-0.4, -0.2) is 82.3 Å². The van der Waals surface area contributed by atoms with Gasteiger partial charge in [0.2, 0.25) is 11.8 Å². The topological polar surface area (TPSA) is 96.4 Å². The van der Waals surface area contributed by atoms with Crippen LogP contribution in [0.1, 0.15) is 53.4 Å². The highest BCUT2D eigenvalue weighted by Gasteiger charge is 2.75. The monoisotopic (exact) mass is 476 g/mol. The molecule has 0 aromatic carbocycles. The van der Waals surface area contributed by atoms with Crippen LogP contribution in [0.4, 0.5) is 0 Å². The minimum Gasteiger partial charge on any atom is -0.461 e. The first-order valence-electron chi connectivity index (χ1n) is 12.5. The van der Waals surface area contributed by atoms with Gasteiger partial charge in [-0.15, -0.1) is 6.58 Å². The normalized spacial score (nSPS) is 31.4. The zero-order valence-electron chi connectivity index (χ0n) is 20.9. The van der Waals surface area contributed by atoms with Crippen LogP contribution in [-0.2, 0) is 23.9 Å². The van der Waals surface area contributed by atoms with Gasteiger partial charge in [0.25, 0.3) is 0 Å². The van der Waals surface area contributed by atoms with E-state index in [4.69, 9.17) is 9.47 Å².